The van der Waals surface area contributed by atoms with E-state index in [0.29, 0.717) is 21.9 Å². The van der Waals surface area contributed by atoms with E-state index in [4.69, 9.17) is 23.8 Å². The van der Waals surface area contributed by atoms with Gasteiger partial charge in [-0.25, -0.2) is 4.39 Å². The number of hydrogen-bond acceptors (Lipinski definition) is 2. The molecule has 2 rings (SSSR count). The van der Waals surface area contributed by atoms with Crippen LogP contribution < -0.4 is 0 Å². The Morgan fingerprint density at radius 3 is 2.26 bits per heavy atom. The van der Waals surface area contributed by atoms with Gasteiger partial charge in [-0.1, -0.05) is 48.1 Å². The van der Waals surface area contributed by atoms with E-state index in [1.807, 2.05) is 12.1 Å². The van der Waals surface area contributed by atoms with Gasteiger partial charge in [-0.15, -0.1) is 0 Å². The zero-order chi connectivity index (χ0) is 13.8. The maximum atomic E-state index is 12.8. The van der Waals surface area contributed by atoms with Crippen LogP contribution in [0.15, 0.2) is 48.5 Å². The van der Waals surface area contributed by atoms with Crippen LogP contribution in [0.3, 0.4) is 0 Å². The summed E-state index contributed by atoms with van der Waals surface area (Å²) in [6, 6.07) is 13.0. The molecule has 19 heavy (non-hydrogen) atoms. The molecule has 0 bridgehead atoms. The molecule has 1 N–H and O–H groups in total. The Balaban J connectivity index is 2.07. The summed E-state index contributed by atoms with van der Waals surface area (Å²) in [7, 11) is 0. The van der Waals surface area contributed by atoms with Gasteiger partial charge < -0.3 is 5.11 Å². The summed E-state index contributed by atoms with van der Waals surface area (Å²) < 4.78 is 12.8. The van der Waals surface area contributed by atoms with E-state index in [2.05, 4.69) is 0 Å². The summed E-state index contributed by atoms with van der Waals surface area (Å²) in [6.07, 6.45) is -0.392. The van der Waals surface area contributed by atoms with Gasteiger partial charge >= 0.3 is 0 Å². The highest BCUT2D eigenvalue weighted by atomic mass is 35.5. The van der Waals surface area contributed by atoms with Gasteiger partial charge in [-0.2, -0.15) is 0 Å². The van der Waals surface area contributed by atoms with Crippen LogP contribution in [-0.4, -0.2) is 9.97 Å². The number of hydrogen-bond donors (Lipinski definition) is 1. The predicted molar refractivity (Wildman–Crippen MR) is 79.1 cm³/mol. The fraction of sp³-hybridized carbons (Fsp3) is 0.133. The monoisotopic (exact) mass is 294 g/mol. The molecule has 2 aromatic rings. The van der Waals surface area contributed by atoms with E-state index >= 15 is 0 Å². The lowest BCUT2D eigenvalue weighted by molar-refractivity contribution is 0.248. The van der Waals surface area contributed by atoms with Gasteiger partial charge in [0.1, 0.15) is 11.9 Å². The molecule has 1 unspecified atom stereocenters. The van der Waals surface area contributed by atoms with Gasteiger partial charge in [-0.3, -0.25) is 0 Å². The van der Waals surface area contributed by atoms with E-state index in [1.165, 1.54) is 24.3 Å². The van der Waals surface area contributed by atoms with Crippen LogP contribution in [0.1, 0.15) is 17.2 Å². The average Bonchev–Trinajstić information content (AvgIpc) is 2.41. The van der Waals surface area contributed by atoms with Gasteiger partial charge in [-0.05, 0) is 35.4 Å². The predicted octanol–water partition coefficient (Wildman–Crippen LogP) is 4.13. The van der Waals surface area contributed by atoms with Crippen LogP contribution in [-0.2, 0) is 6.42 Å². The molecule has 2 aromatic carbocycles. The fourth-order valence-electron chi connectivity index (χ4n) is 1.73. The molecule has 0 aliphatic heterocycles. The molecule has 0 aliphatic carbocycles. The molecule has 0 aliphatic rings. The summed E-state index contributed by atoms with van der Waals surface area (Å²) >= 11 is 11.0. The van der Waals surface area contributed by atoms with Crippen LogP contribution >= 0.6 is 23.8 Å². The van der Waals surface area contributed by atoms with Gasteiger partial charge in [0.05, 0.1) is 0 Å². The number of halogens is 2. The van der Waals surface area contributed by atoms with Crippen molar-refractivity contribution in [1.82, 2.24) is 0 Å². The Morgan fingerprint density at radius 1 is 1.11 bits per heavy atom. The molecule has 0 heterocycles. The molecule has 0 radical (unpaired) electrons. The summed E-state index contributed by atoms with van der Waals surface area (Å²) in [6.45, 7) is 0. The lowest BCUT2D eigenvalue weighted by Gasteiger charge is -2.12. The first-order valence-electron chi connectivity index (χ1n) is 5.77. The van der Waals surface area contributed by atoms with Crippen molar-refractivity contribution in [3.8, 4) is 0 Å². The standard InChI is InChI=1S/C15H12ClFOS/c16-12-5-1-10(2-6-12)9-14(19)15(18)11-3-7-13(17)8-4-11/h1-8,15,18H,9H2. The third-order valence-corrected chi connectivity index (χ3v) is 3.40. The number of rotatable bonds is 4. The van der Waals surface area contributed by atoms with E-state index in [0.717, 1.165) is 5.56 Å². The molecule has 0 amide bonds. The van der Waals surface area contributed by atoms with Crippen LogP contribution in [0.4, 0.5) is 4.39 Å². The molecule has 0 aromatic heterocycles. The first-order chi connectivity index (χ1) is 9.06. The van der Waals surface area contributed by atoms with Crippen LogP contribution in [0.5, 0.6) is 0 Å². The third kappa shape index (κ3) is 3.83. The largest absolute Gasteiger partial charge is 0.383 e. The van der Waals surface area contributed by atoms with Crippen LogP contribution in [0.2, 0.25) is 5.02 Å². The van der Waals surface area contributed by atoms with Crippen molar-refractivity contribution in [1.29, 1.82) is 0 Å². The first kappa shape index (κ1) is 14.1. The van der Waals surface area contributed by atoms with Gasteiger partial charge in [0.2, 0.25) is 0 Å². The molecule has 0 fully saturated rings. The molecule has 1 atom stereocenters. The Bertz CT molecular complexity index is 566. The van der Waals surface area contributed by atoms with Gasteiger partial charge in [0, 0.05) is 16.3 Å². The summed E-state index contributed by atoms with van der Waals surface area (Å²) in [4.78, 5) is 0.494. The fourth-order valence-corrected chi connectivity index (χ4v) is 2.16. The van der Waals surface area contributed by atoms with E-state index in [9.17, 15) is 9.50 Å². The highest BCUT2D eigenvalue weighted by Crippen LogP contribution is 2.19. The van der Waals surface area contributed by atoms with E-state index in [-0.39, 0.29) is 5.82 Å². The first-order valence-corrected chi connectivity index (χ1v) is 6.55. The minimum Gasteiger partial charge on any atom is -0.383 e. The Hall–Kier alpha value is -1.29. The summed E-state index contributed by atoms with van der Waals surface area (Å²) in [5.74, 6) is -0.334. The second-order valence-electron chi connectivity index (χ2n) is 4.22. The van der Waals surface area contributed by atoms with Crippen molar-refractivity contribution in [2.75, 3.05) is 0 Å². The van der Waals surface area contributed by atoms with Crippen LogP contribution in [0.25, 0.3) is 0 Å². The zero-order valence-electron chi connectivity index (χ0n) is 10.0. The smallest absolute Gasteiger partial charge is 0.123 e. The number of aliphatic hydroxyl groups excluding tert-OH is 1. The highest BCUT2D eigenvalue weighted by molar-refractivity contribution is 7.80. The molecular formula is C15H12ClFOS. The van der Waals surface area contributed by atoms with Gasteiger partial charge in [0.15, 0.2) is 0 Å². The molecule has 1 nitrogen and oxygen atoms in total. The van der Waals surface area contributed by atoms with E-state index < -0.39 is 6.10 Å². The minimum atomic E-state index is -0.869. The topological polar surface area (TPSA) is 20.2 Å². The maximum Gasteiger partial charge on any atom is 0.123 e. The SMILES string of the molecule is OC(C(=S)Cc1ccc(Cl)cc1)c1ccc(F)cc1. The molecule has 0 spiro atoms. The van der Waals surface area contributed by atoms with Crippen molar-refractivity contribution in [3.63, 3.8) is 0 Å². The summed E-state index contributed by atoms with van der Waals surface area (Å²) in [5, 5.41) is 10.8. The molecule has 0 saturated heterocycles. The Labute approximate surface area is 121 Å². The molecular weight excluding hydrogens is 283 g/mol. The normalized spacial score (nSPS) is 12.2. The van der Waals surface area contributed by atoms with Crippen molar-refractivity contribution < 1.29 is 9.50 Å². The van der Waals surface area contributed by atoms with Crippen molar-refractivity contribution >= 4 is 28.7 Å². The number of aliphatic hydroxyl groups is 1. The minimum absolute atomic E-state index is 0.334. The highest BCUT2D eigenvalue weighted by Gasteiger charge is 2.13. The number of thiocarbonyl (C=S) groups is 1. The van der Waals surface area contributed by atoms with E-state index in [1.54, 1.807) is 12.1 Å². The average molecular weight is 295 g/mol. The molecule has 98 valence electrons. The third-order valence-electron chi connectivity index (χ3n) is 2.78. The molecule has 0 saturated carbocycles. The zero-order valence-corrected chi connectivity index (χ0v) is 11.6. The lowest BCUT2D eigenvalue weighted by Crippen LogP contribution is -2.12. The quantitative estimate of drug-likeness (QED) is 0.856. The van der Waals surface area contributed by atoms with Crippen LogP contribution in [0, 0.1) is 5.82 Å². The second kappa shape index (κ2) is 6.24. The van der Waals surface area contributed by atoms with Crippen molar-refractivity contribution in [3.05, 3.63) is 70.5 Å². The Kier molecular flexibility index (Phi) is 4.64. The summed E-state index contributed by atoms with van der Waals surface area (Å²) in [5.41, 5.74) is 1.58. The van der Waals surface area contributed by atoms with Crippen molar-refractivity contribution in [2.45, 2.75) is 12.5 Å². The maximum absolute atomic E-state index is 12.8. The Morgan fingerprint density at radius 2 is 1.68 bits per heavy atom. The second-order valence-corrected chi connectivity index (χ2v) is 5.18. The molecule has 4 heteroatoms. The van der Waals surface area contributed by atoms with Gasteiger partial charge in [0.25, 0.3) is 0 Å². The number of benzene rings is 2. The van der Waals surface area contributed by atoms with Crippen molar-refractivity contribution in [2.24, 2.45) is 0 Å². The lowest BCUT2D eigenvalue weighted by atomic mass is 10.0.